The van der Waals surface area contributed by atoms with Crippen molar-refractivity contribution in [3.8, 4) is 0 Å². The Morgan fingerprint density at radius 1 is 0.775 bits per heavy atom. The minimum Gasteiger partial charge on any atom is -0.354 e. The van der Waals surface area contributed by atoms with Crippen molar-refractivity contribution in [2.75, 3.05) is 33.0 Å². The van der Waals surface area contributed by atoms with Gasteiger partial charge in [-0.05, 0) is 60.2 Å². The molecule has 0 bridgehead atoms. The summed E-state index contributed by atoms with van der Waals surface area (Å²) in [5, 5.41) is 6.18. The highest BCUT2D eigenvalue weighted by atomic mass is 32.2. The van der Waals surface area contributed by atoms with Crippen molar-refractivity contribution in [2.45, 2.75) is 4.90 Å². The van der Waals surface area contributed by atoms with Gasteiger partial charge in [0.05, 0.1) is 28.1 Å². The number of nitrogens with zero attached hydrogens (tertiary/aromatic N) is 1. The third-order valence-electron chi connectivity index (χ3n) is 6.38. The Labute approximate surface area is 233 Å². The lowest BCUT2D eigenvalue weighted by Gasteiger charge is -2.18. The zero-order valence-electron chi connectivity index (χ0n) is 21.6. The van der Waals surface area contributed by atoms with Crippen LogP contribution in [0.4, 0.5) is 22.7 Å². The van der Waals surface area contributed by atoms with Gasteiger partial charge in [-0.15, -0.1) is 0 Å². The van der Waals surface area contributed by atoms with Gasteiger partial charge in [0.15, 0.2) is 0 Å². The van der Waals surface area contributed by atoms with E-state index in [-0.39, 0.29) is 10.8 Å². The van der Waals surface area contributed by atoms with E-state index in [4.69, 9.17) is 0 Å². The first-order valence-electron chi connectivity index (χ1n) is 12.2. The average Bonchev–Trinajstić information content (AvgIpc) is 3.26. The highest BCUT2D eigenvalue weighted by Crippen LogP contribution is 2.39. The van der Waals surface area contributed by atoms with Crippen LogP contribution >= 0.6 is 0 Å². The number of sulfonamides is 2. The number of benzene rings is 4. The monoisotopic (exact) mass is 574 g/mol. The minimum atomic E-state index is -3.84. The molecule has 1 heterocycles. The van der Waals surface area contributed by atoms with Crippen molar-refractivity contribution in [3.63, 3.8) is 0 Å². The third-order valence-corrected chi connectivity index (χ3v) is 8.98. The molecule has 0 radical (unpaired) electrons. The molecule has 4 aromatic carbocycles. The molecule has 40 heavy (non-hydrogen) atoms. The molecule has 204 valence electrons. The number of fused-ring (bicyclic) bond motifs is 1. The lowest BCUT2D eigenvalue weighted by molar-refractivity contribution is -0.110. The largest absolute Gasteiger partial charge is 0.354 e. The van der Waals surface area contributed by atoms with Crippen molar-refractivity contribution in [1.82, 2.24) is 0 Å². The van der Waals surface area contributed by atoms with Crippen LogP contribution in [0, 0.1) is 0 Å². The van der Waals surface area contributed by atoms with Crippen LogP contribution in [-0.4, -0.2) is 36.0 Å². The zero-order chi connectivity index (χ0) is 28.5. The zero-order valence-corrected chi connectivity index (χ0v) is 23.3. The van der Waals surface area contributed by atoms with Crippen LogP contribution in [0.25, 0.3) is 11.3 Å². The van der Waals surface area contributed by atoms with E-state index >= 15 is 0 Å². The Morgan fingerprint density at radius 2 is 1.38 bits per heavy atom. The van der Waals surface area contributed by atoms with Crippen LogP contribution in [0.5, 0.6) is 0 Å². The van der Waals surface area contributed by atoms with E-state index in [2.05, 4.69) is 15.4 Å². The van der Waals surface area contributed by atoms with E-state index in [1.165, 1.54) is 23.5 Å². The SMILES string of the molecule is CN(c1ccc(N/C(=C2\C(=O)Nc3ccc(NS(=O)(=O)c4ccccc4)cc32)c2ccccc2)cc1)S(C)(=O)=O. The fourth-order valence-corrected chi connectivity index (χ4v) is 5.84. The highest BCUT2D eigenvalue weighted by molar-refractivity contribution is 7.92. The van der Waals surface area contributed by atoms with Crippen LogP contribution in [0.1, 0.15) is 11.1 Å². The molecule has 0 unspecified atom stereocenters. The van der Waals surface area contributed by atoms with Crippen LogP contribution < -0.4 is 19.7 Å². The lowest BCUT2D eigenvalue weighted by Crippen LogP contribution is -2.24. The van der Waals surface area contributed by atoms with E-state index in [1.807, 2.05) is 30.3 Å². The summed E-state index contributed by atoms with van der Waals surface area (Å²) in [7, 11) is -5.79. The minimum absolute atomic E-state index is 0.122. The predicted molar refractivity (Wildman–Crippen MR) is 159 cm³/mol. The maximum atomic E-state index is 13.3. The topological polar surface area (TPSA) is 125 Å². The molecular formula is C29H26N4O5S2. The number of hydrogen-bond donors (Lipinski definition) is 3. The maximum absolute atomic E-state index is 13.3. The van der Waals surface area contributed by atoms with E-state index < -0.39 is 20.0 Å². The summed E-state index contributed by atoms with van der Waals surface area (Å²) in [6.45, 7) is 0. The molecule has 0 aromatic heterocycles. The normalized spacial score (nSPS) is 14.2. The fourth-order valence-electron chi connectivity index (χ4n) is 4.27. The number of hydrogen-bond acceptors (Lipinski definition) is 6. The second-order valence-corrected chi connectivity index (χ2v) is 12.8. The highest BCUT2D eigenvalue weighted by Gasteiger charge is 2.29. The third kappa shape index (κ3) is 5.56. The van der Waals surface area contributed by atoms with Crippen LogP contribution in [0.2, 0.25) is 0 Å². The maximum Gasteiger partial charge on any atom is 0.261 e. The fraction of sp³-hybridized carbons (Fsp3) is 0.0690. The summed E-state index contributed by atoms with van der Waals surface area (Å²) < 4.78 is 53.4. The molecule has 0 fully saturated rings. The van der Waals surface area contributed by atoms with E-state index in [1.54, 1.807) is 60.7 Å². The molecule has 0 aliphatic carbocycles. The van der Waals surface area contributed by atoms with Gasteiger partial charge in [-0.3, -0.25) is 13.8 Å². The summed E-state index contributed by atoms with van der Waals surface area (Å²) in [6, 6.07) is 28.9. The van der Waals surface area contributed by atoms with Crippen molar-refractivity contribution >= 4 is 60.0 Å². The van der Waals surface area contributed by atoms with Crippen molar-refractivity contribution in [3.05, 3.63) is 114 Å². The molecule has 0 saturated heterocycles. The standard InChI is InChI=1S/C29H26N4O5S2/c1-33(39(2,35)36)23-16-13-21(14-17-23)30-28(20-9-5-3-6-10-20)27-25-19-22(15-18-26(25)31-29(27)34)32-40(37,38)24-11-7-4-8-12-24/h3-19,30,32H,1-2H3,(H,31,34)/b28-27-. The van der Waals surface area contributed by atoms with Gasteiger partial charge in [0.1, 0.15) is 0 Å². The van der Waals surface area contributed by atoms with Crippen LogP contribution in [0.3, 0.4) is 0 Å². The van der Waals surface area contributed by atoms with Crippen LogP contribution in [-0.2, 0) is 24.8 Å². The molecule has 1 aliphatic heterocycles. The second kappa shape index (κ2) is 10.5. The van der Waals surface area contributed by atoms with Gasteiger partial charge in [-0.2, -0.15) is 0 Å². The summed E-state index contributed by atoms with van der Waals surface area (Å²) in [5.41, 5.74) is 4.05. The smallest absolute Gasteiger partial charge is 0.261 e. The van der Waals surface area contributed by atoms with Crippen molar-refractivity contribution < 1.29 is 21.6 Å². The van der Waals surface area contributed by atoms with Gasteiger partial charge in [-0.25, -0.2) is 16.8 Å². The van der Waals surface area contributed by atoms with Gasteiger partial charge >= 0.3 is 0 Å². The summed E-state index contributed by atoms with van der Waals surface area (Å²) >= 11 is 0. The molecule has 0 atom stereocenters. The predicted octanol–water partition coefficient (Wildman–Crippen LogP) is 4.82. The first-order chi connectivity index (χ1) is 19.0. The van der Waals surface area contributed by atoms with Gasteiger partial charge in [0, 0.05) is 29.7 Å². The van der Waals surface area contributed by atoms with Gasteiger partial charge in [0.25, 0.3) is 15.9 Å². The Hall–Kier alpha value is -4.61. The molecule has 1 aliphatic rings. The Morgan fingerprint density at radius 3 is 2.00 bits per heavy atom. The second-order valence-electron chi connectivity index (χ2n) is 9.15. The lowest BCUT2D eigenvalue weighted by atomic mass is 9.99. The Balaban J connectivity index is 1.56. The molecule has 3 N–H and O–H groups in total. The average molecular weight is 575 g/mol. The number of carbonyl (C=O) groups is 1. The molecule has 11 heteroatoms. The molecule has 4 aromatic rings. The van der Waals surface area contributed by atoms with E-state index in [0.717, 1.165) is 11.8 Å². The molecular weight excluding hydrogens is 548 g/mol. The van der Waals surface area contributed by atoms with Gasteiger partial charge in [-0.1, -0.05) is 48.5 Å². The van der Waals surface area contributed by atoms with E-state index in [9.17, 15) is 21.6 Å². The molecule has 9 nitrogen and oxygen atoms in total. The Bertz CT molecular complexity index is 1820. The summed E-state index contributed by atoms with van der Waals surface area (Å²) in [6.07, 6.45) is 1.13. The van der Waals surface area contributed by atoms with Crippen molar-refractivity contribution in [2.24, 2.45) is 0 Å². The van der Waals surface area contributed by atoms with Gasteiger partial charge < -0.3 is 10.6 Å². The first kappa shape index (κ1) is 27.0. The van der Waals surface area contributed by atoms with Crippen LogP contribution in [0.15, 0.2) is 108 Å². The number of anilines is 4. The number of nitrogens with one attached hydrogen (secondary N) is 3. The van der Waals surface area contributed by atoms with Gasteiger partial charge in [0.2, 0.25) is 10.0 Å². The number of amides is 1. The molecule has 0 saturated carbocycles. The number of carbonyl (C=O) groups excluding carboxylic acids is 1. The first-order valence-corrected chi connectivity index (χ1v) is 15.5. The summed E-state index contributed by atoms with van der Waals surface area (Å²) in [5.74, 6) is -0.349. The number of rotatable bonds is 8. The Kier molecular flexibility index (Phi) is 7.09. The molecule has 1 amide bonds. The summed E-state index contributed by atoms with van der Waals surface area (Å²) in [4.78, 5) is 13.4. The van der Waals surface area contributed by atoms with E-state index in [0.29, 0.717) is 39.6 Å². The quantitative estimate of drug-likeness (QED) is 0.259. The molecule has 5 rings (SSSR count). The molecule has 0 spiro atoms. The van der Waals surface area contributed by atoms with Crippen molar-refractivity contribution in [1.29, 1.82) is 0 Å².